The lowest BCUT2D eigenvalue weighted by atomic mass is 10.1. The van der Waals surface area contributed by atoms with Gasteiger partial charge in [-0.1, -0.05) is 6.07 Å². The molecule has 1 unspecified atom stereocenters. The lowest BCUT2D eigenvalue weighted by molar-refractivity contribution is -0.122. The number of nitrogens with one attached hydrogen (secondary N) is 1. The maximum Gasteiger partial charge on any atom is 0.237 e. The van der Waals surface area contributed by atoms with Crippen LogP contribution in [-0.4, -0.2) is 39.4 Å². The van der Waals surface area contributed by atoms with E-state index in [1.54, 1.807) is 21.1 Å². The van der Waals surface area contributed by atoms with Crippen LogP contribution in [0.2, 0.25) is 0 Å². The van der Waals surface area contributed by atoms with E-state index in [0.717, 1.165) is 5.56 Å². The van der Waals surface area contributed by atoms with Crippen LogP contribution in [0.5, 0.6) is 11.5 Å². The summed E-state index contributed by atoms with van der Waals surface area (Å²) in [7, 11) is 3.19. The number of rotatable bonds is 8. The predicted molar refractivity (Wildman–Crippen MR) is 87.8 cm³/mol. The van der Waals surface area contributed by atoms with E-state index in [-0.39, 0.29) is 24.4 Å². The van der Waals surface area contributed by atoms with Gasteiger partial charge >= 0.3 is 0 Å². The second-order valence-electron chi connectivity index (χ2n) is 4.77. The number of ether oxygens (including phenoxy) is 3. The van der Waals surface area contributed by atoms with Crippen molar-refractivity contribution in [2.45, 2.75) is 25.9 Å². The van der Waals surface area contributed by atoms with Gasteiger partial charge in [-0.2, -0.15) is 0 Å². The molecule has 0 fully saturated rings. The molecule has 0 saturated carbocycles. The van der Waals surface area contributed by atoms with Crippen LogP contribution < -0.4 is 20.5 Å². The maximum atomic E-state index is 11.6. The third-order valence-corrected chi connectivity index (χ3v) is 3.01. The van der Waals surface area contributed by atoms with Crippen molar-refractivity contribution in [1.82, 2.24) is 5.32 Å². The zero-order chi connectivity index (χ0) is 15.8. The molecule has 1 amide bonds. The van der Waals surface area contributed by atoms with Gasteiger partial charge < -0.3 is 25.3 Å². The van der Waals surface area contributed by atoms with E-state index in [4.69, 9.17) is 19.9 Å². The summed E-state index contributed by atoms with van der Waals surface area (Å²) in [5, 5.41) is 2.84. The summed E-state index contributed by atoms with van der Waals surface area (Å²) in [5.74, 6) is 1.07. The van der Waals surface area contributed by atoms with Crippen LogP contribution in [0.3, 0.4) is 0 Å². The standard InChI is InChI=1S/C15H24N2O4.ClH/c1-10(16)15(18)17-11(2)12-5-6-13(14(9-12)20-4)21-8-7-19-3;/h5-6,9-11H,7-8,16H2,1-4H3,(H,17,18);1H/t10-,11?;/m1./s1. The third-order valence-electron chi connectivity index (χ3n) is 3.01. The Morgan fingerprint density at radius 3 is 2.45 bits per heavy atom. The molecule has 126 valence electrons. The molecule has 0 saturated heterocycles. The Hall–Kier alpha value is -1.50. The van der Waals surface area contributed by atoms with E-state index in [1.807, 2.05) is 25.1 Å². The van der Waals surface area contributed by atoms with Crippen molar-refractivity contribution in [3.63, 3.8) is 0 Å². The topological polar surface area (TPSA) is 82.8 Å². The minimum absolute atomic E-state index is 0. The fourth-order valence-electron chi connectivity index (χ4n) is 1.74. The number of amides is 1. The summed E-state index contributed by atoms with van der Waals surface area (Å²) in [6, 6.07) is 4.85. The van der Waals surface area contributed by atoms with Gasteiger partial charge in [-0.25, -0.2) is 0 Å². The van der Waals surface area contributed by atoms with Gasteiger partial charge in [0.15, 0.2) is 11.5 Å². The number of hydrogen-bond acceptors (Lipinski definition) is 5. The van der Waals surface area contributed by atoms with E-state index in [0.29, 0.717) is 24.7 Å². The highest BCUT2D eigenvalue weighted by Crippen LogP contribution is 2.30. The summed E-state index contributed by atoms with van der Waals surface area (Å²) in [6.07, 6.45) is 0. The van der Waals surface area contributed by atoms with Crippen molar-refractivity contribution >= 4 is 18.3 Å². The van der Waals surface area contributed by atoms with Crippen molar-refractivity contribution in [3.05, 3.63) is 23.8 Å². The van der Waals surface area contributed by atoms with Gasteiger partial charge in [0, 0.05) is 7.11 Å². The Bertz CT molecular complexity index is 469. The van der Waals surface area contributed by atoms with Gasteiger partial charge in [0.25, 0.3) is 0 Å². The molecule has 0 aliphatic carbocycles. The number of methoxy groups -OCH3 is 2. The highest BCUT2D eigenvalue weighted by atomic mass is 35.5. The molecule has 0 heterocycles. The fraction of sp³-hybridized carbons (Fsp3) is 0.533. The Kier molecular flexibility index (Phi) is 9.56. The third kappa shape index (κ3) is 6.09. The monoisotopic (exact) mass is 332 g/mol. The first kappa shape index (κ1) is 20.5. The zero-order valence-electron chi connectivity index (χ0n) is 13.4. The number of halogens is 1. The van der Waals surface area contributed by atoms with E-state index >= 15 is 0 Å². The number of benzene rings is 1. The van der Waals surface area contributed by atoms with Gasteiger partial charge in [-0.3, -0.25) is 4.79 Å². The van der Waals surface area contributed by atoms with Crippen molar-refractivity contribution < 1.29 is 19.0 Å². The lowest BCUT2D eigenvalue weighted by Crippen LogP contribution is -2.39. The van der Waals surface area contributed by atoms with Crippen LogP contribution in [0.15, 0.2) is 18.2 Å². The molecule has 0 aliphatic heterocycles. The minimum Gasteiger partial charge on any atom is -0.493 e. The van der Waals surface area contributed by atoms with Gasteiger partial charge in [-0.05, 0) is 31.5 Å². The average molecular weight is 333 g/mol. The molecule has 2 atom stereocenters. The van der Waals surface area contributed by atoms with E-state index in [9.17, 15) is 4.79 Å². The van der Waals surface area contributed by atoms with Gasteiger partial charge in [0.1, 0.15) is 6.61 Å². The molecule has 1 aromatic rings. The van der Waals surface area contributed by atoms with Crippen molar-refractivity contribution in [2.24, 2.45) is 5.73 Å². The van der Waals surface area contributed by atoms with Crippen molar-refractivity contribution in [3.8, 4) is 11.5 Å². The Morgan fingerprint density at radius 1 is 1.23 bits per heavy atom. The molecule has 0 aliphatic rings. The number of carbonyl (C=O) groups is 1. The lowest BCUT2D eigenvalue weighted by Gasteiger charge is -2.18. The largest absolute Gasteiger partial charge is 0.493 e. The van der Waals surface area contributed by atoms with Crippen molar-refractivity contribution in [1.29, 1.82) is 0 Å². The zero-order valence-corrected chi connectivity index (χ0v) is 14.2. The van der Waals surface area contributed by atoms with Crippen LogP contribution in [0.4, 0.5) is 0 Å². The first-order valence-electron chi connectivity index (χ1n) is 6.85. The van der Waals surface area contributed by atoms with E-state index in [1.165, 1.54) is 0 Å². The van der Waals surface area contributed by atoms with Crippen LogP contribution in [0, 0.1) is 0 Å². The van der Waals surface area contributed by atoms with Crippen LogP contribution >= 0.6 is 12.4 Å². The summed E-state index contributed by atoms with van der Waals surface area (Å²) in [6.45, 7) is 4.49. The van der Waals surface area contributed by atoms with Crippen LogP contribution in [0.1, 0.15) is 25.5 Å². The predicted octanol–water partition coefficient (Wildman–Crippen LogP) is 1.67. The smallest absolute Gasteiger partial charge is 0.237 e. The molecule has 1 rings (SSSR count). The molecular weight excluding hydrogens is 308 g/mol. The second-order valence-corrected chi connectivity index (χ2v) is 4.77. The molecule has 3 N–H and O–H groups in total. The number of hydrogen-bond donors (Lipinski definition) is 2. The Balaban J connectivity index is 0.00000441. The van der Waals surface area contributed by atoms with Gasteiger partial charge in [0.2, 0.25) is 5.91 Å². The molecule has 0 bridgehead atoms. The molecule has 1 aromatic carbocycles. The maximum absolute atomic E-state index is 11.6. The summed E-state index contributed by atoms with van der Waals surface area (Å²) >= 11 is 0. The van der Waals surface area contributed by atoms with Crippen LogP contribution in [0.25, 0.3) is 0 Å². The molecule has 6 nitrogen and oxygen atoms in total. The molecule has 0 aromatic heterocycles. The Morgan fingerprint density at radius 2 is 1.91 bits per heavy atom. The summed E-state index contributed by atoms with van der Waals surface area (Å²) < 4.78 is 15.8. The summed E-state index contributed by atoms with van der Waals surface area (Å²) in [5.41, 5.74) is 6.46. The van der Waals surface area contributed by atoms with E-state index in [2.05, 4.69) is 5.32 Å². The molecule has 7 heteroatoms. The molecule has 0 spiro atoms. The van der Waals surface area contributed by atoms with Crippen molar-refractivity contribution in [2.75, 3.05) is 27.4 Å². The molecule has 22 heavy (non-hydrogen) atoms. The first-order chi connectivity index (χ1) is 9.99. The second kappa shape index (κ2) is 10.3. The highest BCUT2D eigenvalue weighted by Gasteiger charge is 2.14. The highest BCUT2D eigenvalue weighted by molar-refractivity contribution is 5.85. The molecular formula is C15H25ClN2O4. The van der Waals surface area contributed by atoms with E-state index < -0.39 is 6.04 Å². The first-order valence-corrected chi connectivity index (χ1v) is 6.85. The normalized spacial score (nSPS) is 12.8. The minimum atomic E-state index is -0.536. The fourth-order valence-corrected chi connectivity index (χ4v) is 1.74. The Labute approximate surface area is 137 Å². The quantitative estimate of drug-likeness (QED) is 0.707. The molecule has 0 radical (unpaired) electrons. The average Bonchev–Trinajstić information content (AvgIpc) is 2.47. The number of nitrogens with two attached hydrogens (primary N) is 1. The van der Waals surface area contributed by atoms with Crippen LogP contribution in [-0.2, 0) is 9.53 Å². The summed E-state index contributed by atoms with van der Waals surface area (Å²) in [4.78, 5) is 11.6. The number of carbonyl (C=O) groups excluding carboxylic acids is 1. The van der Waals surface area contributed by atoms with Gasteiger partial charge in [-0.15, -0.1) is 12.4 Å². The SMILES string of the molecule is COCCOc1ccc(C(C)NC(=O)[C@@H](C)N)cc1OC.Cl. The van der Waals surface area contributed by atoms with Gasteiger partial charge in [0.05, 0.1) is 25.8 Å².